The number of aromatic nitrogens is 1. The van der Waals surface area contributed by atoms with Gasteiger partial charge in [-0.1, -0.05) is 29.0 Å². The SMILES string of the molecule is COC(=O)COc1ccc(Cl)cc1[C@@H]1c2ccc(F)c(F)c2CCN1OC(=O)Oc1nccs1. The van der Waals surface area contributed by atoms with E-state index in [-0.39, 0.29) is 29.5 Å². The maximum atomic E-state index is 14.6. The summed E-state index contributed by atoms with van der Waals surface area (Å²) in [7, 11) is 1.22. The topological polar surface area (TPSA) is 87.2 Å². The molecule has 1 aliphatic rings. The summed E-state index contributed by atoms with van der Waals surface area (Å²) in [6.07, 6.45) is 0.449. The first kappa shape index (κ1) is 23.9. The van der Waals surface area contributed by atoms with Gasteiger partial charge in [-0.15, -0.1) is 5.06 Å². The maximum absolute atomic E-state index is 14.6. The van der Waals surface area contributed by atoms with Crippen LogP contribution in [0.25, 0.3) is 0 Å². The van der Waals surface area contributed by atoms with E-state index in [1.54, 1.807) is 5.38 Å². The Bertz CT molecular complexity index is 1210. The van der Waals surface area contributed by atoms with Gasteiger partial charge in [-0.2, -0.15) is 0 Å². The fourth-order valence-electron chi connectivity index (χ4n) is 3.55. The third-order valence-corrected chi connectivity index (χ3v) is 5.89. The van der Waals surface area contributed by atoms with E-state index < -0.39 is 36.4 Å². The van der Waals surface area contributed by atoms with Crippen molar-refractivity contribution in [3.8, 4) is 10.9 Å². The Hall–Kier alpha value is -3.28. The Kier molecular flexibility index (Phi) is 7.25. The van der Waals surface area contributed by atoms with E-state index in [4.69, 9.17) is 25.9 Å². The van der Waals surface area contributed by atoms with Crippen LogP contribution < -0.4 is 9.47 Å². The van der Waals surface area contributed by atoms with Gasteiger partial charge in [-0.05, 0) is 41.8 Å². The van der Waals surface area contributed by atoms with Gasteiger partial charge in [0.2, 0.25) is 0 Å². The number of esters is 1. The predicted octanol–water partition coefficient (Wildman–Crippen LogP) is 4.70. The average Bonchev–Trinajstić information content (AvgIpc) is 3.33. The van der Waals surface area contributed by atoms with Crippen molar-refractivity contribution in [2.75, 3.05) is 20.3 Å². The third-order valence-electron chi connectivity index (χ3n) is 5.01. The van der Waals surface area contributed by atoms with Gasteiger partial charge in [0, 0.05) is 28.7 Å². The summed E-state index contributed by atoms with van der Waals surface area (Å²) < 4.78 is 43.9. The van der Waals surface area contributed by atoms with Crippen molar-refractivity contribution in [3.63, 3.8) is 0 Å². The van der Waals surface area contributed by atoms with Gasteiger partial charge in [-0.25, -0.2) is 23.4 Å². The van der Waals surface area contributed by atoms with Crippen LogP contribution in [-0.4, -0.2) is 42.4 Å². The molecule has 0 unspecified atom stereocenters. The van der Waals surface area contributed by atoms with Gasteiger partial charge in [0.15, 0.2) is 18.2 Å². The van der Waals surface area contributed by atoms with E-state index in [9.17, 15) is 18.4 Å². The Morgan fingerprint density at radius 3 is 2.79 bits per heavy atom. The molecule has 12 heteroatoms. The molecule has 0 saturated heterocycles. The summed E-state index contributed by atoms with van der Waals surface area (Å²) in [4.78, 5) is 33.3. The summed E-state index contributed by atoms with van der Waals surface area (Å²) in [5.41, 5.74) is 0.805. The second-order valence-corrected chi connectivity index (χ2v) is 8.30. The van der Waals surface area contributed by atoms with Crippen molar-refractivity contribution in [1.82, 2.24) is 10.0 Å². The zero-order chi connectivity index (χ0) is 24.2. The molecule has 34 heavy (non-hydrogen) atoms. The van der Waals surface area contributed by atoms with E-state index in [1.807, 2.05) is 0 Å². The highest BCUT2D eigenvalue weighted by molar-refractivity contribution is 7.11. The highest BCUT2D eigenvalue weighted by Crippen LogP contribution is 2.41. The number of rotatable bonds is 6. The van der Waals surface area contributed by atoms with Gasteiger partial charge >= 0.3 is 12.1 Å². The van der Waals surface area contributed by atoms with Crippen molar-refractivity contribution in [2.24, 2.45) is 0 Å². The minimum absolute atomic E-state index is 0.00790. The first-order valence-electron chi connectivity index (χ1n) is 9.89. The average molecular weight is 511 g/mol. The Morgan fingerprint density at radius 1 is 1.24 bits per heavy atom. The molecule has 8 nitrogen and oxygen atoms in total. The first-order chi connectivity index (χ1) is 16.4. The van der Waals surface area contributed by atoms with Crippen LogP contribution in [0.5, 0.6) is 10.9 Å². The number of fused-ring (bicyclic) bond motifs is 1. The van der Waals surface area contributed by atoms with Crippen LogP contribution in [0, 0.1) is 11.6 Å². The van der Waals surface area contributed by atoms with Crippen LogP contribution in [0.2, 0.25) is 5.02 Å². The van der Waals surface area contributed by atoms with Gasteiger partial charge in [0.25, 0.3) is 5.19 Å². The summed E-state index contributed by atoms with van der Waals surface area (Å²) >= 11 is 7.31. The number of methoxy groups -OCH3 is 1. The van der Waals surface area contributed by atoms with E-state index >= 15 is 0 Å². The van der Waals surface area contributed by atoms with Gasteiger partial charge < -0.3 is 19.0 Å². The summed E-state index contributed by atoms with van der Waals surface area (Å²) in [5, 5.41) is 3.26. The van der Waals surface area contributed by atoms with Crippen molar-refractivity contribution >= 4 is 35.1 Å². The molecule has 2 aromatic carbocycles. The number of thiazole rings is 1. The summed E-state index contributed by atoms with van der Waals surface area (Å²) in [5.74, 6) is -2.41. The van der Waals surface area contributed by atoms with E-state index in [0.717, 1.165) is 17.4 Å². The van der Waals surface area contributed by atoms with Crippen molar-refractivity contribution in [1.29, 1.82) is 0 Å². The van der Waals surface area contributed by atoms with Gasteiger partial charge in [0.1, 0.15) is 11.8 Å². The van der Waals surface area contributed by atoms with Crippen molar-refractivity contribution in [2.45, 2.75) is 12.5 Å². The Labute approximate surface area is 201 Å². The highest BCUT2D eigenvalue weighted by atomic mass is 35.5. The fourth-order valence-corrected chi connectivity index (χ4v) is 4.21. The van der Waals surface area contributed by atoms with Crippen LogP contribution in [0.15, 0.2) is 41.9 Å². The smallest absolute Gasteiger partial charge is 0.482 e. The number of halogens is 3. The maximum Gasteiger partial charge on any atom is 0.535 e. The predicted molar refractivity (Wildman–Crippen MR) is 117 cm³/mol. The Balaban J connectivity index is 1.74. The number of ether oxygens (including phenoxy) is 3. The molecule has 1 atom stereocenters. The molecule has 1 aromatic heterocycles. The molecule has 1 aliphatic heterocycles. The lowest BCUT2D eigenvalue weighted by molar-refractivity contribution is -0.143. The molecule has 0 amide bonds. The molecular weight excluding hydrogens is 494 g/mol. The zero-order valence-electron chi connectivity index (χ0n) is 17.6. The number of nitrogens with zero attached hydrogens (tertiary/aromatic N) is 2. The molecule has 178 valence electrons. The summed E-state index contributed by atoms with van der Waals surface area (Å²) in [6.45, 7) is -0.399. The number of hydrogen-bond donors (Lipinski definition) is 0. The number of hydrogen-bond acceptors (Lipinski definition) is 9. The minimum atomic E-state index is -1.06. The molecule has 0 spiro atoms. The number of benzene rings is 2. The largest absolute Gasteiger partial charge is 0.535 e. The molecule has 4 rings (SSSR count). The number of hydroxylamine groups is 2. The molecule has 0 fully saturated rings. The molecule has 0 radical (unpaired) electrons. The van der Waals surface area contributed by atoms with Gasteiger partial charge in [0.05, 0.1) is 7.11 Å². The molecule has 0 saturated carbocycles. The molecule has 0 bridgehead atoms. The first-order valence-corrected chi connectivity index (χ1v) is 11.1. The molecular formula is C22H17ClF2N2O6S. The van der Waals surface area contributed by atoms with Crippen LogP contribution in [-0.2, 0) is 20.8 Å². The second-order valence-electron chi connectivity index (χ2n) is 7.01. The van der Waals surface area contributed by atoms with Crippen LogP contribution >= 0.6 is 22.9 Å². The molecule has 2 heterocycles. The zero-order valence-corrected chi connectivity index (χ0v) is 19.2. The molecule has 3 aromatic rings. The quantitative estimate of drug-likeness (QED) is 0.441. The summed E-state index contributed by atoms with van der Waals surface area (Å²) in [6, 6.07) is 6.00. The lowest BCUT2D eigenvalue weighted by atomic mass is 9.88. The highest BCUT2D eigenvalue weighted by Gasteiger charge is 2.36. The van der Waals surface area contributed by atoms with Crippen molar-refractivity contribution in [3.05, 3.63) is 75.3 Å². The van der Waals surface area contributed by atoms with E-state index in [1.165, 1.54) is 42.6 Å². The van der Waals surface area contributed by atoms with E-state index in [2.05, 4.69) is 9.72 Å². The fraction of sp³-hybridized carbons (Fsp3) is 0.227. The van der Waals surface area contributed by atoms with Crippen LogP contribution in [0.4, 0.5) is 13.6 Å². The van der Waals surface area contributed by atoms with Crippen LogP contribution in [0.1, 0.15) is 22.7 Å². The van der Waals surface area contributed by atoms with Crippen LogP contribution in [0.3, 0.4) is 0 Å². The lowest BCUT2D eigenvalue weighted by Gasteiger charge is -2.36. The monoisotopic (exact) mass is 510 g/mol. The second kappa shape index (κ2) is 10.3. The Morgan fingerprint density at radius 2 is 2.06 bits per heavy atom. The minimum Gasteiger partial charge on any atom is -0.482 e. The third kappa shape index (κ3) is 5.11. The normalized spacial score (nSPS) is 15.4. The van der Waals surface area contributed by atoms with E-state index in [0.29, 0.717) is 16.1 Å². The molecule has 0 aliphatic carbocycles. The standard InChI is InChI=1S/C22H17ClF2N2O6S/c1-30-18(28)11-31-17-5-2-12(23)10-15(17)20-14-3-4-16(24)19(25)13(14)6-8-27(20)33-22(29)32-21-26-7-9-34-21/h2-5,7,9-10,20H,6,8,11H2,1H3/t20-/m0/s1. The number of carbonyl (C=O) groups is 2. The lowest BCUT2D eigenvalue weighted by Crippen LogP contribution is -2.39. The van der Waals surface area contributed by atoms with Gasteiger partial charge in [-0.3, -0.25) is 0 Å². The molecule has 0 N–H and O–H groups in total. The van der Waals surface area contributed by atoms with Crippen molar-refractivity contribution < 1.29 is 37.4 Å². The number of carbonyl (C=O) groups excluding carboxylic acids is 2.